The molecule has 0 amide bonds. The van der Waals surface area contributed by atoms with E-state index in [2.05, 4.69) is 0 Å². The highest BCUT2D eigenvalue weighted by Crippen LogP contribution is 2.13. The summed E-state index contributed by atoms with van der Waals surface area (Å²) in [6.07, 6.45) is 0.660. The van der Waals surface area contributed by atoms with Crippen molar-refractivity contribution in [2.45, 2.75) is 13.3 Å². The molecule has 2 heteroatoms. The lowest BCUT2D eigenvalue weighted by atomic mass is 10.1. The summed E-state index contributed by atoms with van der Waals surface area (Å²) in [5.74, 6) is 2.71. The van der Waals surface area contributed by atoms with Gasteiger partial charge in [0, 0.05) is 12.0 Å². The Morgan fingerprint density at radius 1 is 1.38 bits per heavy atom. The molecule has 0 unspecified atom stereocenters. The van der Waals surface area contributed by atoms with Crippen LogP contribution in [0.2, 0.25) is 0 Å². The number of carbonyl (C=O) groups excluding carboxylic acids is 1. The molecule has 13 heavy (non-hydrogen) atoms. The van der Waals surface area contributed by atoms with Gasteiger partial charge < -0.3 is 4.74 Å². The highest BCUT2D eigenvalue weighted by atomic mass is 16.5. The van der Waals surface area contributed by atoms with Gasteiger partial charge in [-0.25, -0.2) is 4.79 Å². The van der Waals surface area contributed by atoms with Gasteiger partial charge in [-0.2, -0.15) is 0 Å². The van der Waals surface area contributed by atoms with Crippen molar-refractivity contribution in [1.82, 2.24) is 0 Å². The van der Waals surface area contributed by atoms with E-state index in [-0.39, 0.29) is 0 Å². The van der Waals surface area contributed by atoms with Crippen molar-refractivity contribution in [3.63, 3.8) is 0 Å². The third-order valence-electron chi connectivity index (χ3n) is 1.80. The van der Waals surface area contributed by atoms with Gasteiger partial charge in [0.1, 0.15) is 11.7 Å². The van der Waals surface area contributed by atoms with Crippen LogP contribution in [0.5, 0.6) is 5.75 Å². The second-order valence-electron chi connectivity index (χ2n) is 2.91. The van der Waals surface area contributed by atoms with Gasteiger partial charge >= 0.3 is 0 Å². The maximum atomic E-state index is 10.2. The topological polar surface area (TPSA) is 26.3 Å². The fourth-order valence-electron chi connectivity index (χ4n) is 1.09. The third-order valence-corrected chi connectivity index (χ3v) is 1.80. The van der Waals surface area contributed by atoms with Gasteiger partial charge in [0.2, 0.25) is 0 Å². The summed E-state index contributed by atoms with van der Waals surface area (Å²) in [6.45, 7) is 1.78. The largest absolute Gasteiger partial charge is 0.497 e. The van der Waals surface area contributed by atoms with E-state index in [1.807, 2.05) is 30.2 Å². The van der Waals surface area contributed by atoms with E-state index in [1.165, 1.54) is 0 Å². The first-order valence-corrected chi connectivity index (χ1v) is 4.09. The molecular formula is C11H12O2. The molecule has 0 atom stereocenters. The Hall–Kier alpha value is -1.53. The van der Waals surface area contributed by atoms with Gasteiger partial charge in [-0.05, 0) is 24.6 Å². The van der Waals surface area contributed by atoms with E-state index in [0.29, 0.717) is 12.0 Å². The van der Waals surface area contributed by atoms with Crippen LogP contribution in [0.3, 0.4) is 0 Å². The van der Waals surface area contributed by atoms with Crippen LogP contribution in [-0.4, -0.2) is 13.1 Å². The van der Waals surface area contributed by atoms with Crippen molar-refractivity contribution < 1.29 is 9.53 Å². The second-order valence-corrected chi connectivity index (χ2v) is 2.91. The molecule has 2 nitrogen and oxygen atoms in total. The molecule has 1 rings (SSSR count). The molecule has 68 valence electrons. The van der Waals surface area contributed by atoms with E-state index in [9.17, 15) is 4.79 Å². The molecule has 1 aromatic rings. The molecule has 0 bridgehead atoms. The Labute approximate surface area is 77.8 Å². The maximum absolute atomic E-state index is 10.2. The summed E-state index contributed by atoms with van der Waals surface area (Å²) in [5, 5.41) is 0. The van der Waals surface area contributed by atoms with Crippen LogP contribution in [0.25, 0.3) is 0 Å². The summed E-state index contributed by atoms with van der Waals surface area (Å²) < 4.78 is 5.02. The first kappa shape index (κ1) is 9.56. The molecule has 0 aliphatic carbocycles. The predicted molar refractivity (Wildman–Crippen MR) is 51.6 cm³/mol. The number of rotatable bonds is 3. The van der Waals surface area contributed by atoms with Gasteiger partial charge in [-0.1, -0.05) is 12.1 Å². The highest BCUT2D eigenvalue weighted by Gasteiger charge is 1.95. The lowest BCUT2D eigenvalue weighted by molar-refractivity contribution is 0.414. The first-order valence-electron chi connectivity index (χ1n) is 4.09. The standard InChI is InChI=1S/C11H12O2/c1-9(8-12)7-10-3-5-11(13-2)6-4-10/h3-6H,7H2,1-2H3. The first-order chi connectivity index (χ1) is 6.26. The molecule has 0 saturated carbocycles. The zero-order chi connectivity index (χ0) is 9.68. The molecule has 0 aliphatic rings. The summed E-state index contributed by atoms with van der Waals surface area (Å²) >= 11 is 0. The van der Waals surface area contributed by atoms with Crippen molar-refractivity contribution in [3.8, 4) is 5.75 Å². The zero-order valence-electron chi connectivity index (χ0n) is 7.83. The van der Waals surface area contributed by atoms with Gasteiger partial charge in [0.05, 0.1) is 7.11 Å². The van der Waals surface area contributed by atoms with Gasteiger partial charge in [0.25, 0.3) is 0 Å². The van der Waals surface area contributed by atoms with Crippen molar-refractivity contribution in [2.75, 3.05) is 7.11 Å². The molecule has 0 saturated heterocycles. The number of benzene rings is 1. The van der Waals surface area contributed by atoms with Crippen LogP contribution in [0.15, 0.2) is 29.8 Å². The molecular weight excluding hydrogens is 164 g/mol. The lowest BCUT2D eigenvalue weighted by Gasteiger charge is -2.01. The molecule has 0 radical (unpaired) electrons. The van der Waals surface area contributed by atoms with Gasteiger partial charge in [-0.3, -0.25) is 0 Å². The van der Waals surface area contributed by atoms with Crippen LogP contribution in [-0.2, 0) is 11.2 Å². The van der Waals surface area contributed by atoms with E-state index >= 15 is 0 Å². The molecule has 0 spiro atoms. The van der Waals surface area contributed by atoms with E-state index in [0.717, 1.165) is 11.3 Å². The Morgan fingerprint density at radius 2 is 2.00 bits per heavy atom. The molecule has 0 aliphatic heterocycles. The van der Waals surface area contributed by atoms with Gasteiger partial charge in [0.15, 0.2) is 0 Å². The zero-order valence-corrected chi connectivity index (χ0v) is 7.83. The van der Waals surface area contributed by atoms with E-state index < -0.39 is 0 Å². The Morgan fingerprint density at radius 3 is 2.46 bits per heavy atom. The minimum Gasteiger partial charge on any atom is -0.497 e. The Bertz CT molecular complexity index is 318. The van der Waals surface area contributed by atoms with Crippen molar-refractivity contribution in [2.24, 2.45) is 0 Å². The second kappa shape index (κ2) is 4.48. The van der Waals surface area contributed by atoms with E-state index in [4.69, 9.17) is 4.74 Å². The highest BCUT2D eigenvalue weighted by molar-refractivity contribution is 5.52. The van der Waals surface area contributed by atoms with Crippen LogP contribution < -0.4 is 4.74 Å². The number of hydrogen-bond donors (Lipinski definition) is 0. The normalized spacial score (nSPS) is 9.08. The van der Waals surface area contributed by atoms with Crippen LogP contribution in [0, 0.1) is 0 Å². The maximum Gasteiger partial charge on any atom is 0.123 e. The van der Waals surface area contributed by atoms with Crippen LogP contribution in [0.4, 0.5) is 0 Å². The molecule has 0 fully saturated rings. The minimum atomic E-state index is 0.660. The average molecular weight is 176 g/mol. The minimum absolute atomic E-state index is 0.660. The molecule has 0 N–H and O–H groups in total. The lowest BCUT2D eigenvalue weighted by Crippen LogP contribution is -1.88. The van der Waals surface area contributed by atoms with E-state index in [1.54, 1.807) is 14.0 Å². The molecule has 0 aromatic heterocycles. The van der Waals surface area contributed by atoms with Crippen LogP contribution in [0.1, 0.15) is 12.5 Å². The Kier molecular flexibility index (Phi) is 3.30. The Balaban J connectivity index is 2.75. The van der Waals surface area contributed by atoms with Crippen molar-refractivity contribution in [1.29, 1.82) is 0 Å². The number of hydrogen-bond acceptors (Lipinski definition) is 2. The average Bonchev–Trinajstić information content (AvgIpc) is 2.19. The summed E-state index contributed by atoms with van der Waals surface area (Å²) in [5.41, 5.74) is 1.81. The number of methoxy groups -OCH3 is 1. The number of ether oxygens (including phenoxy) is 1. The predicted octanol–water partition coefficient (Wildman–Crippen LogP) is 2.02. The quantitative estimate of drug-likeness (QED) is 0.658. The van der Waals surface area contributed by atoms with Gasteiger partial charge in [-0.15, -0.1) is 0 Å². The summed E-state index contributed by atoms with van der Waals surface area (Å²) in [4.78, 5) is 10.2. The fraction of sp³-hybridized carbons (Fsp3) is 0.273. The monoisotopic (exact) mass is 176 g/mol. The summed E-state index contributed by atoms with van der Waals surface area (Å²) in [6, 6.07) is 7.65. The molecule has 1 aromatic carbocycles. The van der Waals surface area contributed by atoms with Crippen molar-refractivity contribution >= 4 is 5.94 Å². The smallest absolute Gasteiger partial charge is 0.123 e. The van der Waals surface area contributed by atoms with Crippen molar-refractivity contribution in [3.05, 3.63) is 35.4 Å². The number of allylic oxidation sites excluding steroid dienone is 1. The fourth-order valence-corrected chi connectivity index (χ4v) is 1.09. The summed E-state index contributed by atoms with van der Waals surface area (Å²) in [7, 11) is 1.63. The third kappa shape index (κ3) is 2.77. The molecule has 0 heterocycles. The SMILES string of the molecule is COc1ccc(CC(C)=C=O)cc1. The van der Waals surface area contributed by atoms with Crippen LogP contribution >= 0.6 is 0 Å².